The second-order valence-electron chi connectivity index (χ2n) is 5.15. The molecular weight excluding hydrogens is 288 g/mol. The zero-order chi connectivity index (χ0) is 16.7. The molecule has 0 saturated heterocycles. The molecule has 0 saturated carbocycles. The summed E-state index contributed by atoms with van der Waals surface area (Å²) in [5.41, 5.74) is 2.66. The third-order valence-electron chi connectivity index (χ3n) is 3.25. The van der Waals surface area contributed by atoms with Gasteiger partial charge in [-0.05, 0) is 37.6 Å². The molecule has 0 aliphatic rings. The molecule has 118 valence electrons. The number of likely N-dealkylation sites (N-methyl/N-ethyl adjacent to an activating group) is 1. The van der Waals surface area contributed by atoms with Crippen molar-refractivity contribution in [3.05, 3.63) is 77.0 Å². The maximum Gasteiger partial charge on any atom is 0.267 e. The number of hydrogen-bond acceptors (Lipinski definition) is 2. The van der Waals surface area contributed by atoms with Gasteiger partial charge in [0.15, 0.2) is 0 Å². The van der Waals surface area contributed by atoms with E-state index < -0.39 is 0 Å². The van der Waals surface area contributed by atoms with Gasteiger partial charge in [-0.25, -0.2) is 0 Å². The summed E-state index contributed by atoms with van der Waals surface area (Å²) in [6.07, 6.45) is 1.66. The first kappa shape index (κ1) is 16.5. The summed E-state index contributed by atoms with van der Waals surface area (Å²) < 4.78 is 0. The molecule has 2 amide bonds. The van der Waals surface area contributed by atoms with Crippen molar-refractivity contribution in [2.45, 2.75) is 13.8 Å². The predicted octanol–water partition coefficient (Wildman–Crippen LogP) is 2.90. The smallest absolute Gasteiger partial charge is 0.267 e. The van der Waals surface area contributed by atoms with Gasteiger partial charge in [-0.15, -0.1) is 0 Å². The van der Waals surface area contributed by atoms with Crippen molar-refractivity contribution in [1.82, 2.24) is 10.6 Å². The molecule has 23 heavy (non-hydrogen) atoms. The Labute approximate surface area is 136 Å². The van der Waals surface area contributed by atoms with Crippen molar-refractivity contribution in [3.63, 3.8) is 0 Å². The standard InChI is InChI=1S/C19H20N2O2/c1-3-20-19(23)17(13-15-7-5-4-6-8-15)21-18(22)16-11-9-14(2)10-12-16/h4-13H,3H2,1-2H3,(H,20,23)(H,21,22)/b17-13-. The van der Waals surface area contributed by atoms with Gasteiger partial charge in [0.25, 0.3) is 11.8 Å². The summed E-state index contributed by atoms with van der Waals surface area (Å²) >= 11 is 0. The molecule has 0 unspecified atom stereocenters. The SMILES string of the molecule is CCNC(=O)/C(=C/c1ccccc1)NC(=O)c1ccc(C)cc1. The van der Waals surface area contributed by atoms with Crippen molar-refractivity contribution >= 4 is 17.9 Å². The highest BCUT2D eigenvalue weighted by Gasteiger charge is 2.13. The van der Waals surface area contributed by atoms with Crippen molar-refractivity contribution in [3.8, 4) is 0 Å². The van der Waals surface area contributed by atoms with Crippen LogP contribution >= 0.6 is 0 Å². The van der Waals surface area contributed by atoms with E-state index in [1.54, 1.807) is 18.2 Å². The van der Waals surface area contributed by atoms with Crippen molar-refractivity contribution in [2.75, 3.05) is 6.54 Å². The molecule has 4 heteroatoms. The van der Waals surface area contributed by atoms with Crippen LogP contribution in [0.25, 0.3) is 6.08 Å². The van der Waals surface area contributed by atoms with Crippen LogP contribution in [0.3, 0.4) is 0 Å². The summed E-state index contributed by atoms with van der Waals surface area (Å²) in [5.74, 6) is -0.616. The Morgan fingerprint density at radius 3 is 2.26 bits per heavy atom. The van der Waals surface area contributed by atoms with E-state index in [1.165, 1.54) is 0 Å². The maximum atomic E-state index is 12.3. The summed E-state index contributed by atoms with van der Waals surface area (Å²) in [6, 6.07) is 16.6. The van der Waals surface area contributed by atoms with E-state index >= 15 is 0 Å². The molecule has 0 bridgehead atoms. The fraction of sp³-hybridized carbons (Fsp3) is 0.158. The number of aryl methyl sites for hydroxylation is 1. The first-order chi connectivity index (χ1) is 11.1. The molecule has 0 spiro atoms. The highest BCUT2D eigenvalue weighted by atomic mass is 16.2. The molecule has 2 aromatic rings. The van der Waals surface area contributed by atoms with Gasteiger partial charge in [-0.3, -0.25) is 9.59 Å². The molecule has 4 nitrogen and oxygen atoms in total. The predicted molar refractivity (Wildman–Crippen MR) is 91.7 cm³/mol. The van der Waals surface area contributed by atoms with E-state index in [0.29, 0.717) is 12.1 Å². The second-order valence-corrected chi connectivity index (χ2v) is 5.15. The molecule has 2 rings (SSSR count). The van der Waals surface area contributed by atoms with Crippen LogP contribution in [-0.4, -0.2) is 18.4 Å². The molecule has 0 atom stereocenters. The number of nitrogens with one attached hydrogen (secondary N) is 2. The van der Waals surface area contributed by atoms with E-state index in [9.17, 15) is 9.59 Å². The van der Waals surface area contributed by atoms with Crippen molar-refractivity contribution < 1.29 is 9.59 Å². The molecule has 0 heterocycles. The molecular formula is C19H20N2O2. The minimum atomic E-state index is -0.309. The van der Waals surface area contributed by atoms with Gasteiger partial charge >= 0.3 is 0 Å². The molecule has 2 aromatic carbocycles. The third-order valence-corrected chi connectivity index (χ3v) is 3.25. The average molecular weight is 308 g/mol. The van der Waals surface area contributed by atoms with Crippen molar-refractivity contribution in [1.29, 1.82) is 0 Å². The van der Waals surface area contributed by atoms with Crippen LogP contribution in [0.4, 0.5) is 0 Å². The van der Waals surface area contributed by atoms with E-state index in [-0.39, 0.29) is 17.5 Å². The lowest BCUT2D eigenvalue weighted by Gasteiger charge is -2.10. The Kier molecular flexibility index (Phi) is 5.69. The van der Waals surface area contributed by atoms with Crippen LogP contribution in [0.2, 0.25) is 0 Å². The average Bonchev–Trinajstić information content (AvgIpc) is 2.56. The minimum Gasteiger partial charge on any atom is -0.351 e. The number of carbonyl (C=O) groups is 2. The molecule has 0 aliphatic carbocycles. The van der Waals surface area contributed by atoms with Crippen molar-refractivity contribution in [2.24, 2.45) is 0 Å². The Morgan fingerprint density at radius 1 is 1.00 bits per heavy atom. The van der Waals surface area contributed by atoms with Crippen LogP contribution in [0.15, 0.2) is 60.3 Å². The molecule has 0 aliphatic heterocycles. The Bertz CT molecular complexity index is 704. The largest absolute Gasteiger partial charge is 0.351 e. The summed E-state index contributed by atoms with van der Waals surface area (Å²) in [4.78, 5) is 24.5. The number of benzene rings is 2. The van der Waals surface area contributed by atoms with Gasteiger partial charge in [0.05, 0.1) is 0 Å². The lowest BCUT2D eigenvalue weighted by Crippen LogP contribution is -2.34. The second kappa shape index (κ2) is 7.94. The van der Waals surface area contributed by atoms with E-state index in [1.807, 2.05) is 56.3 Å². The van der Waals surface area contributed by atoms with Gasteiger partial charge < -0.3 is 10.6 Å². The van der Waals surface area contributed by atoms with Gasteiger partial charge in [-0.1, -0.05) is 48.0 Å². The molecule has 2 N–H and O–H groups in total. The zero-order valence-corrected chi connectivity index (χ0v) is 13.3. The minimum absolute atomic E-state index is 0.226. The number of rotatable bonds is 5. The molecule has 0 aromatic heterocycles. The molecule has 0 fully saturated rings. The number of amides is 2. The topological polar surface area (TPSA) is 58.2 Å². The van der Waals surface area contributed by atoms with Gasteiger partial charge in [0.2, 0.25) is 0 Å². The van der Waals surface area contributed by atoms with Crippen LogP contribution < -0.4 is 10.6 Å². The van der Waals surface area contributed by atoms with Gasteiger partial charge in [-0.2, -0.15) is 0 Å². The number of carbonyl (C=O) groups excluding carboxylic acids is 2. The lowest BCUT2D eigenvalue weighted by atomic mass is 10.1. The monoisotopic (exact) mass is 308 g/mol. The van der Waals surface area contributed by atoms with Crippen LogP contribution in [-0.2, 0) is 4.79 Å². The van der Waals surface area contributed by atoms with Crippen LogP contribution in [0, 0.1) is 6.92 Å². The normalized spacial score (nSPS) is 11.0. The fourth-order valence-electron chi connectivity index (χ4n) is 2.03. The maximum absolute atomic E-state index is 12.3. The highest BCUT2D eigenvalue weighted by Crippen LogP contribution is 2.08. The third kappa shape index (κ3) is 4.81. The summed E-state index contributed by atoms with van der Waals surface area (Å²) in [7, 11) is 0. The first-order valence-corrected chi connectivity index (χ1v) is 7.53. The van der Waals surface area contributed by atoms with Gasteiger partial charge in [0.1, 0.15) is 5.70 Å². The quantitative estimate of drug-likeness (QED) is 0.834. The Hall–Kier alpha value is -2.88. The summed E-state index contributed by atoms with van der Waals surface area (Å²) in [5, 5.41) is 5.41. The highest BCUT2D eigenvalue weighted by molar-refractivity contribution is 6.05. The Balaban J connectivity index is 2.24. The van der Waals surface area contributed by atoms with E-state index in [4.69, 9.17) is 0 Å². The molecule has 0 radical (unpaired) electrons. The first-order valence-electron chi connectivity index (χ1n) is 7.53. The lowest BCUT2D eigenvalue weighted by molar-refractivity contribution is -0.117. The summed E-state index contributed by atoms with van der Waals surface area (Å²) in [6.45, 7) is 4.28. The fourth-order valence-corrected chi connectivity index (χ4v) is 2.03. The van der Waals surface area contributed by atoms with Gasteiger partial charge in [0, 0.05) is 12.1 Å². The van der Waals surface area contributed by atoms with E-state index in [2.05, 4.69) is 10.6 Å². The van der Waals surface area contributed by atoms with Crippen LogP contribution in [0.5, 0.6) is 0 Å². The number of hydrogen-bond donors (Lipinski definition) is 2. The van der Waals surface area contributed by atoms with E-state index in [0.717, 1.165) is 11.1 Å². The zero-order valence-electron chi connectivity index (χ0n) is 13.3. The van der Waals surface area contributed by atoms with Crippen LogP contribution in [0.1, 0.15) is 28.4 Å². The Morgan fingerprint density at radius 2 is 1.65 bits per heavy atom.